The summed E-state index contributed by atoms with van der Waals surface area (Å²) >= 11 is 0. The molecule has 0 bridgehead atoms. The number of aromatic nitrogens is 2. The molecule has 2 heterocycles. The second kappa shape index (κ2) is 12.9. The van der Waals surface area contributed by atoms with E-state index in [0.717, 1.165) is 17.0 Å². The minimum Gasteiger partial charge on any atom is -0.399 e. The third kappa shape index (κ3) is 5.86. The highest BCUT2D eigenvalue weighted by atomic mass is 14.7. The first-order valence-corrected chi connectivity index (χ1v) is 15.4. The summed E-state index contributed by atoms with van der Waals surface area (Å²) in [6, 6.07) is 47.4. The Hall–Kier alpha value is -6.46. The number of hydrogen-bond acceptors (Lipinski definition) is 5. The molecule has 2 aromatic heterocycles. The van der Waals surface area contributed by atoms with Crippen molar-refractivity contribution in [3.05, 3.63) is 175 Å². The Kier molecular flexibility index (Phi) is 8.02. The maximum Gasteiger partial charge on any atom is 0.0883 e. The van der Waals surface area contributed by atoms with Crippen LogP contribution in [0.15, 0.2) is 164 Å². The molecule has 0 radical (unpaired) electrons. The average Bonchev–Trinajstić information content (AvgIpc) is 3.13. The molecule has 0 spiro atoms. The van der Waals surface area contributed by atoms with Crippen molar-refractivity contribution >= 4 is 49.8 Å². The fourth-order valence-electron chi connectivity index (χ4n) is 6.05. The molecule has 5 heteroatoms. The Bertz CT molecular complexity index is 2250. The van der Waals surface area contributed by atoms with Crippen LogP contribution in [0.2, 0.25) is 0 Å². The van der Waals surface area contributed by atoms with Crippen molar-refractivity contribution in [2.45, 2.75) is 0 Å². The summed E-state index contributed by atoms with van der Waals surface area (Å²) in [5.74, 6) is 0. The highest BCUT2D eigenvalue weighted by Gasteiger charge is 2.19. The van der Waals surface area contributed by atoms with Gasteiger partial charge in [-0.2, -0.15) is 0 Å². The second-order valence-electron chi connectivity index (χ2n) is 11.2. The molecule has 0 unspecified atom stereocenters. The summed E-state index contributed by atoms with van der Waals surface area (Å²) < 4.78 is 0. The molecule has 5 aromatic carbocycles. The molecule has 5 nitrogen and oxygen atoms in total. The molecule has 7 aromatic rings. The van der Waals surface area contributed by atoms with Crippen LogP contribution >= 0.6 is 0 Å². The zero-order valence-electron chi connectivity index (χ0n) is 25.6. The third-order valence-electron chi connectivity index (χ3n) is 8.23. The molecule has 0 saturated carbocycles. The molecule has 0 amide bonds. The summed E-state index contributed by atoms with van der Waals surface area (Å²) in [7, 11) is 0. The van der Waals surface area contributed by atoms with Crippen LogP contribution in [0, 0.1) is 10.8 Å². The van der Waals surface area contributed by atoms with E-state index in [1.807, 2.05) is 54.6 Å². The van der Waals surface area contributed by atoms with Crippen molar-refractivity contribution in [3.63, 3.8) is 0 Å². The number of nitrogen functional groups attached to an aromatic ring is 1. The minimum atomic E-state index is 0.175. The standard InChI is InChI=1S/C26H19N.C16H12N4/c27-20-16-14-19(15-17-20)26-23-12-6-4-10-21(23)25(18-8-2-1-3-9-18)22-11-5-7-13-24(22)26;17-13-10-11(14-5-1-3-7-19-14)9-12(16(13)18)15-6-2-4-8-20-15/h1-17H,27H2;1-10,17-18H. The summed E-state index contributed by atoms with van der Waals surface area (Å²) in [6.07, 6.45) is 6.93. The third-order valence-corrected chi connectivity index (χ3v) is 8.23. The van der Waals surface area contributed by atoms with Gasteiger partial charge in [-0.1, -0.05) is 103 Å². The van der Waals surface area contributed by atoms with E-state index in [0.29, 0.717) is 11.3 Å². The van der Waals surface area contributed by atoms with Crippen molar-refractivity contribution in [2.24, 2.45) is 0 Å². The van der Waals surface area contributed by atoms with Gasteiger partial charge in [0.1, 0.15) is 0 Å². The largest absolute Gasteiger partial charge is 0.399 e. The van der Waals surface area contributed by atoms with E-state index in [1.165, 1.54) is 43.8 Å². The number of anilines is 1. The number of nitrogens with zero attached hydrogens (tertiary/aromatic N) is 2. The first-order valence-electron chi connectivity index (χ1n) is 15.4. The highest BCUT2D eigenvalue weighted by molar-refractivity contribution is 6.61. The predicted molar refractivity (Wildman–Crippen MR) is 197 cm³/mol. The van der Waals surface area contributed by atoms with E-state index in [-0.39, 0.29) is 11.4 Å². The Morgan fingerprint density at radius 1 is 0.447 bits per heavy atom. The highest BCUT2D eigenvalue weighted by Crippen LogP contribution is 2.43. The number of nitrogens with one attached hydrogen (secondary N) is 2. The lowest BCUT2D eigenvalue weighted by Crippen LogP contribution is -2.16. The van der Waals surface area contributed by atoms with E-state index in [2.05, 4.69) is 101 Å². The van der Waals surface area contributed by atoms with Gasteiger partial charge in [0.15, 0.2) is 0 Å². The van der Waals surface area contributed by atoms with E-state index >= 15 is 0 Å². The Balaban J connectivity index is 0.000000157. The molecule has 0 aliphatic heterocycles. The smallest absolute Gasteiger partial charge is 0.0883 e. The van der Waals surface area contributed by atoms with Crippen molar-refractivity contribution in [3.8, 4) is 22.3 Å². The maximum absolute atomic E-state index is 8.04. The van der Waals surface area contributed by atoms with E-state index in [9.17, 15) is 0 Å². The number of fused-ring (bicyclic) bond motifs is 2. The lowest BCUT2D eigenvalue weighted by molar-refractivity contribution is 1.27. The van der Waals surface area contributed by atoms with Crippen LogP contribution < -0.4 is 5.73 Å². The number of rotatable bonds is 4. The molecule has 4 N–H and O–H groups in total. The Morgan fingerprint density at radius 2 is 0.915 bits per heavy atom. The van der Waals surface area contributed by atoms with Gasteiger partial charge in [-0.3, -0.25) is 20.8 Å². The van der Waals surface area contributed by atoms with Gasteiger partial charge in [-0.15, -0.1) is 0 Å². The number of hydrogen-bond donors (Lipinski definition) is 3. The van der Waals surface area contributed by atoms with Crippen LogP contribution in [0.5, 0.6) is 0 Å². The topological polar surface area (TPSA) is 99.5 Å². The van der Waals surface area contributed by atoms with Crippen molar-refractivity contribution in [1.82, 2.24) is 9.97 Å². The van der Waals surface area contributed by atoms with Gasteiger partial charge in [-0.05, 0) is 92.3 Å². The number of benzene rings is 5. The molecular weight excluding hydrogens is 574 g/mol. The van der Waals surface area contributed by atoms with E-state index < -0.39 is 0 Å². The van der Waals surface area contributed by atoms with Crippen LogP contribution in [0.4, 0.5) is 5.69 Å². The molecule has 0 saturated heterocycles. The van der Waals surface area contributed by atoms with Gasteiger partial charge in [0, 0.05) is 29.2 Å². The lowest BCUT2D eigenvalue weighted by Gasteiger charge is -2.17. The first-order chi connectivity index (χ1) is 23.1. The van der Waals surface area contributed by atoms with Crippen LogP contribution in [-0.2, 0) is 0 Å². The van der Waals surface area contributed by atoms with Crippen LogP contribution in [-0.4, -0.2) is 21.4 Å². The van der Waals surface area contributed by atoms with Crippen LogP contribution in [0.25, 0.3) is 54.9 Å². The molecular formula is C42H31N5. The molecule has 47 heavy (non-hydrogen) atoms. The summed E-state index contributed by atoms with van der Waals surface area (Å²) in [4.78, 5) is 8.55. The molecule has 0 atom stereocenters. The molecule has 224 valence electrons. The number of nitrogens with two attached hydrogens (primary N) is 1. The zero-order chi connectivity index (χ0) is 32.2. The van der Waals surface area contributed by atoms with Crippen molar-refractivity contribution < 1.29 is 0 Å². The van der Waals surface area contributed by atoms with Gasteiger partial charge in [0.2, 0.25) is 0 Å². The lowest BCUT2D eigenvalue weighted by atomic mass is 9.86. The molecule has 0 fully saturated rings. The van der Waals surface area contributed by atoms with Crippen LogP contribution in [0.3, 0.4) is 0 Å². The molecule has 1 aliphatic rings. The van der Waals surface area contributed by atoms with E-state index in [1.54, 1.807) is 18.5 Å². The van der Waals surface area contributed by atoms with Gasteiger partial charge in [0.25, 0.3) is 0 Å². The van der Waals surface area contributed by atoms with Gasteiger partial charge < -0.3 is 5.73 Å². The summed E-state index contributed by atoms with van der Waals surface area (Å²) in [6.45, 7) is 0. The van der Waals surface area contributed by atoms with Crippen molar-refractivity contribution in [1.29, 1.82) is 10.8 Å². The summed E-state index contributed by atoms with van der Waals surface area (Å²) in [5.41, 5.74) is 15.0. The fraction of sp³-hybridized carbons (Fsp3) is 0. The minimum absolute atomic E-state index is 0.175. The molecule has 8 rings (SSSR count). The van der Waals surface area contributed by atoms with Crippen LogP contribution in [0.1, 0.15) is 11.4 Å². The maximum atomic E-state index is 8.04. The second-order valence-corrected chi connectivity index (χ2v) is 11.2. The van der Waals surface area contributed by atoms with Crippen molar-refractivity contribution in [2.75, 3.05) is 5.73 Å². The van der Waals surface area contributed by atoms with Gasteiger partial charge >= 0.3 is 0 Å². The quantitative estimate of drug-likeness (QED) is 0.106. The first kappa shape index (κ1) is 29.3. The van der Waals surface area contributed by atoms with Gasteiger partial charge in [0.05, 0.1) is 22.8 Å². The zero-order valence-corrected chi connectivity index (χ0v) is 25.6. The number of pyridine rings is 2. The monoisotopic (exact) mass is 605 g/mol. The Labute approximate surface area is 273 Å². The normalized spacial score (nSPS) is 12.7. The predicted octanol–water partition coefficient (Wildman–Crippen LogP) is 9.91. The Morgan fingerprint density at radius 3 is 1.43 bits per heavy atom. The SMILES string of the molecule is N=C1C=C(c2ccccn2)C=C(c2ccccn2)C1=N.Nc1ccc(-c2c3ccccc3c(-c3ccccc3)c3ccccc23)cc1. The average molecular weight is 606 g/mol. The fourth-order valence-corrected chi connectivity index (χ4v) is 6.05. The number of allylic oxidation sites excluding steroid dienone is 4. The van der Waals surface area contributed by atoms with Gasteiger partial charge in [-0.25, -0.2) is 0 Å². The molecule has 1 aliphatic carbocycles. The van der Waals surface area contributed by atoms with E-state index in [4.69, 9.17) is 16.6 Å². The summed E-state index contributed by atoms with van der Waals surface area (Å²) in [5, 5.41) is 21.1.